The van der Waals surface area contributed by atoms with Crippen LogP contribution in [0, 0.1) is 3.57 Å². The van der Waals surface area contributed by atoms with E-state index in [-0.39, 0.29) is 5.78 Å². The van der Waals surface area contributed by atoms with Crippen molar-refractivity contribution in [2.75, 3.05) is 0 Å². The quantitative estimate of drug-likeness (QED) is 0.471. The van der Waals surface area contributed by atoms with Crippen LogP contribution in [0.1, 0.15) is 19.4 Å². The number of benzene rings is 1. The molecular formula is C13H13IO. The molecule has 0 saturated carbocycles. The third-order valence-electron chi connectivity index (χ3n) is 1.96. The predicted molar refractivity (Wildman–Crippen MR) is 72.6 cm³/mol. The maximum absolute atomic E-state index is 11.1. The summed E-state index contributed by atoms with van der Waals surface area (Å²) in [4.78, 5) is 11.1. The summed E-state index contributed by atoms with van der Waals surface area (Å²) in [5.41, 5.74) is 2.86. The normalized spacial score (nSPS) is 11.3. The van der Waals surface area contributed by atoms with Crippen LogP contribution in [0.4, 0.5) is 0 Å². The van der Waals surface area contributed by atoms with E-state index in [0.717, 1.165) is 16.7 Å². The SMILES string of the molecule is C=C(C)/C(=C\C(C)=O)c1ccc(I)cc1. The standard InChI is InChI=1S/C13H13IO/c1-9(2)13(8-10(3)15)11-4-6-12(14)7-5-11/h4-8H,1H2,2-3H3/b13-8+. The molecule has 0 atom stereocenters. The Hall–Kier alpha value is -0.900. The Bertz CT molecular complexity index is 413. The van der Waals surface area contributed by atoms with E-state index in [9.17, 15) is 4.79 Å². The predicted octanol–water partition coefficient (Wildman–Crippen LogP) is 3.84. The van der Waals surface area contributed by atoms with Gasteiger partial charge in [-0.3, -0.25) is 4.79 Å². The summed E-state index contributed by atoms with van der Waals surface area (Å²) in [6.07, 6.45) is 1.63. The van der Waals surface area contributed by atoms with Crippen molar-refractivity contribution in [3.63, 3.8) is 0 Å². The number of carbonyl (C=O) groups excluding carboxylic acids is 1. The molecule has 0 fully saturated rings. The Labute approximate surface area is 104 Å². The highest BCUT2D eigenvalue weighted by molar-refractivity contribution is 14.1. The number of hydrogen-bond acceptors (Lipinski definition) is 1. The maximum Gasteiger partial charge on any atom is 0.153 e. The lowest BCUT2D eigenvalue weighted by atomic mass is 9.99. The average Bonchev–Trinajstić information content (AvgIpc) is 2.15. The second kappa shape index (κ2) is 5.26. The highest BCUT2D eigenvalue weighted by Crippen LogP contribution is 2.22. The Morgan fingerprint density at radius 1 is 1.27 bits per heavy atom. The molecule has 78 valence electrons. The number of allylic oxidation sites excluding steroid dienone is 3. The van der Waals surface area contributed by atoms with E-state index < -0.39 is 0 Å². The smallest absolute Gasteiger partial charge is 0.153 e. The van der Waals surface area contributed by atoms with Crippen LogP contribution in [0.5, 0.6) is 0 Å². The Balaban J connectivity index is 3.16. The second-order valence-electron chi connectivity index (χ2n) is 3.46. The van der Waals surface area contributed by atoms with E-state index in [1.54, 1.807) is 13.0 Å². The van der Waals surface area contributed by atoms with Gasteiger partial charge < -0.3 is 0 Å². The monoisotopic (exact) mass is 312 g/mol. The molecule has 2 heteroatoms. The molecule has 0 saturated heterocycles. The van der Waals surface area contributed by atoms with Gasteiger partial charge in [0.25, 0.3) is 0 Å². The van der Waals surface area contributed by atoms with E-state index in [4.69, 9.17) is 0 Å². The van der Waals surface area contributed by atoms with Crippen molar-refractivity contribution in [3.05, 3.63) is 51.6 Å². The molecule has 0 aromatic heterocycles. The van der Waals surface area contributed by atoms with Gasteiger partial charge in [-0.25, -0.2) is 0 Å². The summed E-state index contributed by atoms with van der Waals surface area (Å²) in [5, 5.41) is 0. The second-order valence-corrected chi connectivity index (χ2v) is 4.70. The summed E-state index contributed by atoms with van der Waals surface area (Å²) in [6, 6.07) is 8.05. The van der Waals surface area contributed by atoms with Gasteiger partial charge in [0.1, 0.15) is 0 Å². The number of halogens is 1. The number of carbonyl (C=O) groups is 1. The highest BCUT2D eigenvalue weighted by Gasteiger charge is 2.03. The molecule has 0 bridgehead atoms. The third kappa shape index (κ3) is 3.63. The van der Waals surface area contributed by atoms with E-state index in [2.05, 4.69) is 29.2 Å². The minimum absolute atomic E-state index is 0.0477. The van der Waals surface area contributed by atoms with Gasteiger partial charge in [0, 0.05) is 3.57 Å². The third-order valence-corrected chi connectivity index (χ3v) is 2.68. The van der Waals surface area contributed by atoms with E-state index in [1.807, 2.05) is 31.2 Å². The molecule has 1 aromatic carbocycles. The molecule has 15 heavy (non-hydrogen) atoms. The Morgan fingerprint density at radius 3 is 2.20 bits per heavy atom. The van der Waals surface area contributed by atoms with Gasteiger partial charge in [0.15, 0.2) is 5.78 Å². The fourth-order valence-corrected chi connectivity index (χ4v) is 1.65. The Kier molecular flexibility index (Phi) is 4.27. The molecule has 1 nitrogen and oxygen atoms in total. The number of hydrogen-bond donors (Lipinski definition) is 0. The van der Waals surface area contributed by atoms with Crippen LogP contribution in [0.3, 0.4) is 0 Å². The molecule has 1 aromatic rings. The zero-order chi connectivity index (χ0) is 11.4. The summed E-state index contributed by atoms with van der Waals surface area (Å²) in [7, 11) is 0. The molecule has 0 radical (unpaired) electrons. The van der Waals surface area contributed by atoms with Gasteiger partial charge in [-0.15, -0.1) is 0 Å². The van der Waals surface area contributed by atoms with Crippen LogP contribution in [-0.4, -0.2) is 5.78 Å². The lowest BCUT2D eigenvalue weighted by molar-refractivity contribution is -0.112. The van der Waals surface area contributed by atoms with Gasteiger partial charge >= 0.3 is 0 Å². The average molecular weight is 312 g/mol. The van der Waals surface area contributed by atoms with Crippen molar-refractivity contribution in [3.8, 4) is 0 Å². The first-order chi connectivity index (χ1) is 7.00. The van der Waals surface area contributed by atoms with Crippen molar-refractivity contribution >= 4 is 33.9 Å². The fraction of sp³-hybridized carbons (Fsp3) is 0.154. The van der Waals surface area contributed by atoms with Crippen LogP contribution in [0.15, 0.2) is 42.5 Å². The molecule has 0 unspecified atom stereocenters. The summed E-state index contributed by atoms with van der Waals surface area (Å²) in [5.74, 6) is 0.0477. The molecule has 0 N–H and O–H groups in total. The van der Waals surface area contributed by atoms with Crippen molar-refractivity contribution in [1.82, 2.24) is 0 Å². The lowest BCUT2D eigenvalue weighted by Gasteiger charge is -2.06. The van der Waals surface area contributed by atoms with E-state index in [1.165, 1.54) is 3.57 Å². The van der Waals surface area contributed by atoms with Crippen LogP contribution in [-0.2, 0) is 4.79 Å². The molecule has 0 spiro atoms. The van der Waals surface area contributed by atoms with Crippen LogP contribution >= 0.6 is 22.6 Å². The number of rotatable bonds is 3. The minimum atomic E-state index is 0.0477. The van der Waals surface area contributed by atoms with Crippen LogP contribution in [0.25, 0.3) is 5.57 Å². The van der Waals surface area contributed by atoms with Crippen molar-refractivity contribution in [2.24, 2.45) is 0 Å². The van der Waals surface area contributed by atoms with E-state index >= 15 is 0 Å². The van der Waals surface area contributed by atoms with Gasteiger partial charge in [-0.1, -0.05) is 24.3 Å². The van der Waals surface area contributed by atoms with Gasteiger partial charge in [0.2, 0.25) is 0 Å². The van der Waals surface area contributed by atoms with Gasteiger partial charge in [-0.05, 0) is 65.8 Å². The van der Waals surface area contributed by atoms with Crippen molar-refractivity contribution in [2.45, 2.75) is 13.8 Å². The molecule has 0 aliphatic rings. The zero-order valence-electron chi connectivity index (χ0n) is 8.88. The van der Waals surface area contributed by atoms with Crippen molar-refractivity contribution < 1.29 is 4.79 Å². The topological polar surface area (TPSA) is 17.1 Å². The zero-order valence-corrected chi connectivity index (χ0v) is 11.0. The Morgan fingerprint density at radius 2 is 1.80 bits per heavy atom. The number of ketones is 1. The minimum Gasteiger partial charge on any atom is -0.295 e. The first-order valence-corrected chi connectivity index (χ1v) is 5.72. The summed E-state index contributed by atoms with van der Waals surface area (Å²) >= 11 is 2.25. The summed E-state index contributed by atoms with van der Waals surface area (Å²) < 4.78 is 1.18. The van der Waals surface area contributed by atoms with Gasteiger partial charge in [0.05, 0.1) is 0 Å². The molecular weight excluding hydrogens is 299 g/mol. The molecule has 0 amide bonds. The lowest BCUT2D eigenvalue weighted by Crippen LogP contribution is -1.91. The van der Waals surface area contributed by atoms with Crippen LogP contribution < -0.4 is 0 Å². The highest BCUT2D eigenvalue weighted by atomic mass is 127. The van der Waals surface area contributed by atoms with Gasteiger partial charge in [-0.2, -0.15) is 0 Å². The fourth-order valence-electron chi connectivity index (χ4n) is 1.29. The molecule has 0 aliphatic heterocycles. The first kappa shape index (κ1) is 12.2. The van der Waals surface area contributed by atoms with E-state index in [0.29, 0.717) is 0 Å². The first-order valence-electron chi connectivity index (χ1n) is 4.65. The molecule has 1 rings (SSSR count). The largest absolute Gasteiger partial charge is 0.295 e. The molecule has 0 heterocycles. The maximum atomic E-state index is 11.1. The van der Waals surface area contributed by atoms with Crippen molar-refractivity contribution in [1.29, 1.82) is 0 Å². The molecule has 0 aliphatic carbocycles. The summed E-state index contributed by atoms with van der Waals surface area (Å²) in [6.45, 7) is 7.35. The van der Waals surface area contributed by atoms with Crippen LogP contribution in [0.2, 0.25) is 0 Å².